The highest BCUT2D eigenvalue weighted by Gasteiger charge is 2.35. The Hall–Kier alpha value is -5.73. The molecule has 0 saturated heterocycles. The smallest absolute Gasteiger partial charge is 0.338 e. The molecule has 0 saturated carbocycles. The Morgan fingerprint density at radius 2 is 1.65 bits per heavy atom. The van der Waals surface area contributed by atoms with Crippen molar-refractivity contribution < 1.29 is 19.0 Å². The molecular weight excluding hydrogens is 621 g/mol. The van der Waals surface area contributed by atoms with E-state index in [1.54, 1.807) is 18.6 Å². The Bertz CT molecular complexity index is 2350. The highest BCUT2D eigenvalue weighted by Crippen LogP contribution is 2.36. The minimum atomic E-state index is -0.800. The van der Waals surface area contributed by atoms with Crippen LogP contribution >= 0.6 is 11.3 Å². The predicted octanol–water partition coefficient (Wildman–Crippen LogP) is 6.68. The second-order valence-corrected chi connectivity index (χ2v) is 12.2. The van der Waals surface area contributed by atoms with Crippen molar-refractivity contribution in [2.75, 3.05) is 13.7 Å². The molecule has 5 aromatic carbocycles. The molecule has 1 aliphatic heterocycles. The van der Waals surface area contributed by atoms with E-state index < -0.39 is 12.0 Å². The molecule has 1 atom stereocenters. The minimum Gasteiger partial charge on any atom is -0.497 e. The fraction of sp³-hybridized carbons (Fsp3) is 0.125. The molecule has 0 amide bonds. The van der Waals surface area contributed by atoms with Gasteiger partial charge in [-0.15, -0.1) is 0 Å². The molecule has 1 aliphatic rings. The van der Waals surface area contributed by atoms with Crippen LogP contribution in [0.3, 0.4) is 0 Å². The van der Waals surface area contributed by atoms with Gasteiger partial charge in [0.1, 0.15) is 18.1 Å². The summed E-state index contributed by atoms with van der Waals surface area (Å²) in [6.07, 6.45) is 1.83. The van der Waals surface area contributed by atoms with Crippen LogP contribution in [0.4, 0.5) is 0 Å². The minimum absolute atomic E-state index is 0.176. The van der Waals surface area contributed by atoms with Crippen LogP contribution in [0.5, 0.6) is 11.5 Å². The number of methoxy groups -OCH3 is 1. The van der Waals surface area contributed by atoms with Crippen LogP contribution in [0.2, 0.25) is 0 Å². The van der Waals surface area contributed by atoms with Crippen LogP contribution in [-0.2, 0) is 16.1 Å². The van der Waals surface area contributed by atoms with Crippen molar-refractivity contribution in [1.82, 2.24) is 4.57 Å². The Morgan fingerprint density at radius 3 is 2.48 bits per heavy atom. The maximum absolute atomic E-state index is 14.4. The number of esters is 1. The summed E-state index contributed by atoms with van der Waals surface area (Å²) >= 11 is 1.27. The maximum atomic E-state index is 14.4. The van der Waals surface area contributed by atoms with Gasteiger partial charge in [-0.3, -0.25) is 9.36 Å². The second kappa shape index (κ2) is 13.6. The first-order valence-electron chi connectivity index (χ1n) is 15.7. The molecule has 0 spiro atoms. The molecule has 0 radical (unpaired) electrons. The number of benzene rings is 5. The van der Waals surface area contributed by atoms with E-state index in [1.165, 1.54) is 11.3 Å². The molecule has 0 fully saturated rings. The summed E-state index contributed by atoms with van der Waals surface area (Å²) < 4.78 is 19.5. The highest BCUT2D eigenvalue weighted by molar-refractivity contribution is 7.07. The van der Waals surface area contributed by atoms with E-state index in [9.17, 15) is 9.59 Å². The first kappa shape index (κ1) is 30.9. The van der Waals surface area contributed by atoms with Gasteiger partial charge >= 0.3 is 5.97 Å². The maximum Gasteiger partial charge on any atom is 0.338 e. The van der Waals surface area contributed by atoms with Gasteiger partial charge in [0.25, 0.3) is 5.56 Å². The van der Waals surface area contributed by atoms with Crippen molar-refractivity contribution in [3.8, 4) is 11.5 Å². The second-order valence-electron chi connectivity index (χ2n) is 11.2. The summed E-state index contributed by atoms with van der Waals surface area (Å²) in [5, 5.41) is 2.28. The molecule has 8 heteroatoms. The number of nitrogens with zero attached hydrogens (tertiary/aromatic N) is 2. The Morgan fingerprint density at radius 1 is 0.896 bits per heavy atom. The highest BCUT2D eigenvalue weighted by atomic mass is 32.1. The van der Waals surface area contributed by atoms with Crippen LogP contribution in [0.25, 0.3) is 22.5 Å². The van der Waals surface area contributed by atoms with Crippen molar-refractivity contribution in [2.45, 2.75) is 19.6 Å². The summed E-state index contributed by atoms with van der Waals surface area (Å²) in [4.78, 5) is 33.6. The monoisotopic (exact) mass is 652 g/mol. The Balaban J connectivity index is 1.37. The molecule has 1 aromatic heterocycles. The van der Waals surface area contributed by atoms with Gasteiger partial charge in [0.05, 0.1) is 35.6 Å². The Labute approximate surface area is 281 Å². The standard InChI is InChI=1S/C40H32N2O5S/c1-3-46-39(44)35-36(27-14-5-4-6-15-27)41-40-42(37(35)29-18-12-20-31(23-29)45-2)38(43)34(48-40)24-28-16-8-10-22-33(28)47-25-30-19-11-17-26-13-7-9-21-32(26)30/h4-24,37H,3,25H2,1-2H3/b34-24+/t37-/m0/s1. The van der Waals surface area contributed by atoms with E-state index in [-0.39, 0.29) is 17.7 Å². The molecule has 0 aliphatic carbocycles. The molecule has 238 valence electrons. The largest absolute Gasteiger partial charge is 0.497 e. The molecule has 0 unspecified atom stereocenters. The average Bonchev–Trinajstić information content (AvgIpc) is 3.44. The first-order valence-corrected chi connectivity index (χ1v) is 16.5. The zero-order chi connectivity index (χ0) is 33.0. The lowest BCUT2D eigenvalue weighted by Gasteiger charge is -2.26. The molecule has 48 heavy (non-hydrogen) atoms. The number of para-hydroxylation sites is 1. The van der Waals surface area contributed by atoms with Crippen LogP contribution in [0, 0.1) is 0 Å². The van der Waals surface area contributed by atoms with Gasteiger partial charge < -0.3 is 14.2 Å². The fourth-order valence-electron chi connectivity index (χ4n) is 6.01. The summed E-state index contributed by atoms with van der Waals surface area (Å²) in [6.45, 7) is 2.30. The summed E-state index contributed by atoms with van der Waals surface area (Å²) in [6, 6.07) is 38.2. The number of ether oxygens (including phenoxy) is 3. The lowest BCUT2D eigenvalue weighted by Crippen LogP contribution is -2.40. The zero-order valence-corrected chi connectivity index (χ0v) is 27.3. The Kier molecular flexibility index (Phi) is 8.72. The molecule has 7 rings (SSSR count). The van der Waals surface area contributed by atoms with Gasteiger partial charge in [-0.1, -0.05) is 114 Å². The number of rotatable bonds is 9. The van der Waals surface area contributed by atoms with E-state index in [4.69, 9.17) is 19.2 Å². The van der Waals surface area contributed by atoms with E-state index in [0.717, 1.165) is 27.5 Å². The molecule has 7 nitrogen and oxygen atoms in total. The topological polar surface area (TPSA) is 79.1 Å². The lowest BCUT2D eigenvalue weighted by molar-refractivity contribution is -0.138. The first-order chi connectivity index (χ1) is 23.6. The van der Waals surface area contributed by atoms with Crippen molar-refractivity contribution in [3.63, 3.8) is 0 Å². The number of carbonyl (C=O) groups excluding carboxylic acids is 1. The molecule has 2 heterocycles. The third-order valence-electron chi connectivity index (χ3n) is 8.25. The van der Waals surface area contributed by atoms with Gasteiger partial charge in [-0.05, 0) is 53.1 Å². The lowest BCUT2D eigenvalue weighted by atomic mass is 9.93. The van der Waals surface area contributed by atoms with Crippen LogP contribution < -0.4 is 24.4 Å². The quantitative estimate of drug-likeness (QED) is 0.163. The third-order valence-corrected chi connectivity index (χ3v) is 9.23. The molecule has 0 N–H and O–H groups in total. The number of thiazole rings is 1. The summed E-state index contributed by atoms with van der Waals surface area (Å²) in [7, 11) is 1.59. The van der Waals surface area contributed by atoms with Crippen LogP contribution in [0.15, 0.2) is 137 Å². The van der Waals surface area contributed by atoms with Gasteiger partial charge in [-0.2, -0.15) is 0 Å². The SMILES string of the molecule is CCOC(=O)C1=C(c2ccccc2)N=c2s/c(=C/c3ccccc3OCc3cccc4ccccc34)c(=O)n2[C@H]1c1cccc(OC)c1. The molecule has 0 bridgehead atoms. The number of fused-ring (bicyclic) bond motifs is 2. The van der Waals surface area contributed by atoms with Crippen molar-refractivity contribution >= 4 is 39.9 Å². The third kappa shape index (κ3) is 5.94. The van der Waals surface area contributed by atoms with Crippen LogP contribution in [0.1, 0.15) is 35.2 Å². The van der Waals surface area contributed by atoms with Gasteiger partial charge in [0.2, 0.25) is 0 Å². The van der Waals surface area contributed by atoms with Gasteiger partial charge in [0, 0.05) is 11.1 Å². The van der Waals surface area contributed by atoms with Crippen molar-refractivity contribution in [1.29, 1.82) is 0 Å². The van der Waals surface area contributed by atoms with E-state index in [2.05, 4.69) is 24.3 Å². The summed E-state index contributed by atoms with van der Waals surface area (Å²) in [5.74, 6) is 0.723. The van der Waals surface area contributed by atoms with E-state index >= 15 is 0 Å². The number of hydrogen-bond acceptors (Lipinski definition) is 7. The van der Waals surface area contributed by atoms with Crippen LogP contribution in [-0.4, -0.2) is 24.3 Å². The number of hydrogen-bond donors (Lipinski definition) is 0. The normalized spacial score (nSPS) is 14.4. The van der Waals surface area contributed by atoms with Gasteiger partial charge in [-0.25, -0.2) is 9.79 Å². The number of aromatic nitrogens is 1. The van der Waals surface area contributed by atoms with E-state index in [0.29, 0.717) is 38.7 Å². The molecular formula is C40H32N2O5S. The molecule has 6 aromatic rings. The fourth-order valence-corrected chi connectivity index (χ4v) is 7.01. The zero-order valence-electron chi connectivity index (χ0n) is 26.5. The predicted molar refractivity (Wildman–Crippen MR) is 189 cm³/mol. The van der Waals surface area contributed by atoms with Gasteiger partial charge in [0.15, 0.2) is 4.80 Å². The van der Waals surface area contributed by atoms with Crippen molar-refractivity contribution in [2.24, 2.45) is 4.99 Å². The number of carbonyl (C=O) groups is 1. The van der Waals surface area contributed by atoms with E-state index in [1.807, 2.05) is 103 Å². The average molecular weight is 653 g/mol. The summed E-state index contributed by atoms with van der Waals surface area (Å²) in [5.41, 5.74) is 3.76. The van der Waals surface area contributed by atoms with Crippen molar-refractivity contribution in [3.05, 3.63) is 169 Å².